The van der Waals surface area contributed by atoms with Crippen molar-refractivity contribution in [1.82, 2.24) is 15.7 Å². The van der Waals surface area contributed by atoms with Gasteiger partial charge in [-0.1, -0.05) is 29.5 Å². The zero-order valence-electron chi connectivity index (χ0n) is 18.2. The number of aromatic nitrogens is 2. The number of benzene rings is 1. The quantitative estimate of drug-likeness (QED) is 0.578. The molecular weight excluding hydrogens is 412 g/mol. The average Bonchev–Trinajstić information content (AvgIpc) is 3.05. The Balaban J connectivity index is 1.77. The van der Waals surface area contributed by atoms with Gasteiger partial charge in [0.1, 0.15) is 17.7 Å². The third kappa shape index (κ3) is 4.15. The molecule has 7 heteroatoms. The SMILES string of the molecule is Cc1ccc(Sc2nnc(C)c(C)c2C2=N[C@H](c3cc(C)sc3C)CON2)c(C)c1. The summed E-state index contributed by atoms with van der Waals surface area (Å²) in [5.41, 5.74) is 9.67. The van der Waals surface area contributed by atoms with Crippen molar-refractivity contribution >= 4 is 28.9 Å². The molecule has 0 fully saturated rings. The van der Waals surface area contributed by atoms with Gasteiger partial charge in [-0.2, -0.15) is 5.10 Å². The molecule has 1 aliphatic rings. The monoisotopic (exact) mass is 438 g/mol. The molecule has 0 saturated carbocycles. The van der Waals surface area contributed by atoms with Gasteiger partial charge in [0.15, 0.2) is 5.84 Å². The molecule has 0 saturated heterocycles. The van der Waals surface area contributed by atoms with Gasteiger partial charge in [-0.25, -0.2) is 5.48 Å². The van der Waals surface area contributed by atoms with Gasteiger partial charge < -0.3 is 0 Å². The third-order valence-corrected chi connectivity index (χ3v) is 7.47. The van der Waals surface area contributed by atoms with Crippen LogP contribution in [0.4, 0.5) is 0 Å². The number of rotatable bonds is 4. The van der Waals surface area contributed by atoms with E-state index in [4.69, 9.17) is 9.83 Å². The minimum atomic E-state index is -0.0296. The van der Waals surface area contributed by atoms with Gasteiger partial charge >= 0.3 is 0 Å². The van der Waals surface area contributed by atoms with Gasteiger partial charge in [0, 0.05) is 14.6 Å². The molecule has 3 aromatic rings. The minimum Gasteiger partial charge on any atom is -0.272 e. The van der Waals surface area contributed by atoms with Crippen LogP contribution < -0.4 is 5.48 Å². The lowest BCUT2D eigenvalue weighted by Crippen LogP contribution is -2.34. The highest BCUT2D eigenvalue weighted by molar-refractivity contribution is 7.99. The second-order valence-electron chi connectivity index (χ2n) is 7.74. The highest BCUT2D eigenvalue weighted by atomic mass is 32.2. The number of aryl methyl sites for hydroxylation is 5. The van der Waals surface area contributed by atoms with Crippen LogP contribution in [0.3, 0.4) is 0 Å². The second kappa shape index (κ2) is 8.49. The summed E-state index contributed by atoms with van der Waals surface area (Å²) in [4.78, 5) is 14.6. The zero-order chi connectivity index (χ0) is 21.4. The largest absolute Gasteiger partial charge is 0.272 e. The molecule has 0 bridgehead atoms. The van der Waals surface area contributed by atoms with Crippen molar-refractivity contribution < 1.29 is 4.84 Å². The van der Waals surface area contributed by atoms with E-state index in [0.717, 1.165) is 32.6 Å². The molecule has 0 amide bonds. The highest BCUT2D eigenvalue weighted by Crippen LogP contribution is 2.35. The zero-order valence-corrected chi connectivity index (χ0v) is 19.8. The van der Waals surface area contributed by atoms with Gasteiger partial charge in [-0.3, -0.25) is 9.83 Å². The standard InChI is InChI=1S/C23H26N4OS2/c1-12-7-8-20(13(2)9-12)30-23-21(15(4)16(5)25-26-23)22-24-19(11-28-27-22)18-10-14(3)29-17(18)6/h7-10,19H,11H2,1-6H3,(H,24,27)/t19-/m0/s1. The summed E-state index contributed by atoms with van der Waals surface area (Å²) in [6.07, 6.45) is 0. The van der Waals surface area contributed by atoms with Crippen LogP contribution in [0.2, 0.25) is 0 Å². The van der Waals surface area contributed by atoms with Crippen LogP contribution in [0.15, 0.2) is 39.2 Å². The summed E-state index contributed by atoms with van der Waals surface area (Å²) >= 11 is 3.42. The first-order valence-electron chi connectivity index (χ1n) is 9.95. The van der Waals surface area contributed by atoms with E-state index in [2.05, 4.69) is 74.6 Å². The first-order valence-corrected chi connectivity index (χ1v) is 11.6. The molecule has 1 atom stereocenters. The van der Waals surface area contributed by atoms with Gasteiger partial charge in [0.05, 0.1) is 11.3 Å². The Kier molecular flexibility index (Phi) is 5.95. The number of nitrogens with one attached hydrogen (secondary N) is 1. The Morgan fingerprint density at radius 3 is 2.57 bits per heavy atom. The Bertz CT molecular complexity index is 1140. The second-order valence-corrected chi connectivity index (χ2v) is 10.2. The van der Waals surface area contributed by atoms with E-state index in [-0.39, 0.29) is 6.04 Å². The molecule has 30 heavy (non-hydrogen) atoms. The maximum absolute atomic E-state index is 5.77. The van der Waals surface area contributed by atoms with Crippen LogP contribution in [-0.2, 0) is 4.84 Å². The molecule has 5 nitrogen and oxygen atoms in total. The van der Waals surface area contributed by atoms with Gasteiger partial charge in [0.2, 0.25) is 0 Å². The summed E-state index contributed by atoms with van der Waals surface area (Å²) in [5, 5.41) is 9.74. The van der Waals surface area contributed by atoms with E-state index >= 15 is 0 Å². The molecule has 1 aromatic carbocycles. The summed E-state index contributed by atoms with van der Waals surface area (Å²) in [7, 11) is 0. The van der Waals surface area contributed by atoms with E-state index in [1.165, 1.54) is 26.4 Å². The highest BCUT2D eigenvalue weighted by Gasteiger charge is 2.25. The molecular formula is C23H26N4OS2. The average molecular weight is 439 g/mol. The third-order valence-electron chi connectivity index (χ3n) is 5.33. The molecule has 0 radical (unpaired) electrons. The van der Waals surface area contributed by atoms with Crippen LogP contribution in [0.25, 0.3) is 0 Å². The first-order chi connectivity index (χ1) is 14.3. The van der Waals surface area contributed by atoms with E-state index in [0.29, 0.717) is 6.61 Å². The fourth-order valence-electron chi connectivity index (χ4n) is 3.62. The van der Waals surface area contributed by atoms with Crippen LogP contribution in [0.5, 0.6) is 0 Å². The lowest BCUT2D eigenvalue weighted by Gasteiger charge is -2.24. The Morgan fingerprint density at radius 1 is 1.07 bits per heavy atom. The molecule has 1 N–H and O–H groups in total. The summed E-state index contributed by atoms with van der Waals surface area (Å²) in [5.74, 6) is 0.720. The van der Waals surface area contributed by atoms with E-state index < -0.39 is 0 Å². The molecule has 3 heterocycles. The van der Waals surface area contributed by atoms with Crippen molar-refractivity contribution in [1.29, 1.82) is 0 Å². The topological polar surface area (TPSA) is 59.4 Å². The van der Waals surface area contributed by atoms with Gasteiger partial charge in [0.25, 0.3) is 0 Å². The number of hydroxylamine groups is 1. The van der Waals surface area contributed by atoms with Crippen LogP contribution in [0, 0.1) is 41.5 Å². The van der Waals surface area contributed by atoms with Crippen molar-refractivity contribution in [2.24, 2.45) is 4.99 Å². The summed E-state index contributed by atoms with van der Waals surface area (Å²) in [6, 6.07) is 8.64. The molecule has 0 aliphatic carbocycles. The molecule has 0 spiro atoms. The minimum absolute atomic E-state index is 0.0296. The van der Waals surface area contributed by atoms with Crippen molar-refractivity contribution in [2.75, 3.05) is 6.61 Å². The number of thiophene rings is 1. The Labute approximate surface area is 186 Å². The lowest BCUT2D eigenvalue weighted by molar-refractivity contribution is 0.0620. The first kappa shape index (κ1) is 21.0. The van der Waals surface area contributed by atoms with Crippen LogP contribution >= 0.6 is 23.1 Å². The molecule has 4 rings (SSSR count). The summed E-state index contributed by atoms with van der Waals surface area (Å²) in [6.45, 7) is 13.1. The fraction of sp³-hybridized carbons (Fsp3) is 0.348. The van der Waals surface area contributed by atoms with Crippen LogP contribution in [0.1, 0.15) is 49.3 Å². The number of hydrogen-bond donors (Lipinski definition) is 1. The number of hydrogen-bond acceptors (Lipinski definition) is 7. The predicted octanol–water partition coefficient (Wildman–Crippen LogP) is 5.56. The van der Waals surface area contributed by atoms with Gasteiger partial charge in [-0.15, -0.1) is 16.4 Å². The molecule has 1 aliphatic heterocycles. The van der Waals surface area contributed by atoms with Crippen LogP contribution in [-0.4, -0.2) is 22.6 Å². The number of nitrogens with zero attached hydrogens (tertiary/aromatic N) is 3. The maximum atomic E-state index is 5.77. The Hall–Kier alpha value is -2.22. The fourth-order valence-corrected chi connectivity index (χ4v) is 5.60. The van der Waals surface area contributed by atoms with Crippen molar-refractivity contribution in [2.45, 2.75) is 57.5 Å². The van der Waals surface area contributed by atoms with E-state index in [9.17, 15) is 0 Å². The summed E-state index contributed by atoms with van der Waals surface area (Å²) < 4.78 is 0. The smallest absolute Gasteiger partial charge is 0.156 e. The number of amidine groups is 1. The van der Waals surface area contributed by atoms with E-state index in [1.54, 1.807) is 23.1 Å². The lowest BCUT2D eigenvalue weighted by atomic mass is 10.1. The maximum Gasteiger partial charge on any atom is 0.156 e. The number of aliphatic imine (C=N–C) groups is 1. The van der Waals surface area contributed by atoms with Crippen molar-refractivity contribution in [3.05, 3.63) is 67.5 Å². The van der Waals surface area contributed by atoms with Gasteiger partial charge in [-0.05, 0) is 70.4 Å². The van der Waals surface area contributed by atoms with Crippen molar-refractivity contribution in [3.63, 3.8) is 0 Å². The van der Waals surface area contributed by atoms with E-state index in [1.807, 2.05) is 6.92 Å². The van der Waals surface area contributed by atoms with Crippen molar-refractivity contribution in [3.8, 4) is 0 Å². The predicted molar refractivity (Wildman–Crippen MR) is 124 cm³/mol. The molecule has 0 unspecified atom stereocenters. The normalized spacial score (nSPS) is 16.3. The molecule has 2 aromatic heterocycles. The molecule has 156 valence electrons. The Morgan fingerprint density at radius 2 is 1.87 bits per heavy atom.